The molecule has 0 aliphatic carbocycles. The summed E-state index contributed by atoms with van der Waals surface area (Å²) in [6.45, 7) is 3.87. The fourth-order valence-electron chi connectivity index (χ4n) is 2.14. The summed E-state index contributed by atoms with van der Waals surface area (Å²) in [5, 5.41) is 9.10. The van der Waals surface area contributed by atoms with E-state index in [9.17, 15) is 13.2 Å². The molecule has 0 bridgehead atoms. The first kappa shape index (κ1) is 15.3. The van der Waals surface area contributed by atoms with Crippen LogP contribution >= 0.6 is 11.6 Å². The SMILES string of the molecule is Cc1ccc(S(=O)(=O)N2CC(C(C)C(=O)O)C2)c(Cl)c1. The Morgan fingerprint density at radius 2 is 2.05 bits per heavy atom. The molecule has 1 saturated heterocycles. The molecule has 1 atom stereocenters. The van der Waals surface area contributed by atoms with Crippen molar-refractivity contribution in [1.29, 1.82) is 0 Å². The van der Waals surface area contributed by atoms with Crippen LogP contribution in [0.5, 0.6) is 0 Å². The van der Waals surface area contributed by atoms with E-state index in [1.807, 2.05) is 6.92 Å². The summed E-state index contributed by atoms with van der Waals surface area (Å²) >= 11 is 5.99. The largest absolute Gasteiger partial charge is 0.481 e. The number of aryl methyl sites for hydroxylation is 1. The number of aliphatic carboxylic acids is 1. The maximum atomic E-state index is 12.4. The van der Waals surface area contributed by atoms with Crippen molar-refractivity contribution in [3.8, 4) is 0 Å². The van der Waals surface area contributed by atoms with E-state index >= 15 is 0 Å². The molecule has 0 saturated carbocycles. The Hall–Kier alpha value is -1.11. The molecule has 1 aliphatic heterocycles. The van der Waals surface area contributed by atoms with Crippen molar-refractivity contribution in [3.05, 3.63) is 28.8 Å². The number of carboxylic acids is 1. The average Bonchev–Trinajstić information content (AvgIpc) is 2.25. The third-order valence-corrected chi connectivity index (χ3v) is 5.99. The minimum Gasteiger partial charge on any atom is -0.481 e. The Kier molecular flexibility index (Phi) is 4.09. The van der Waals surface area contributed by atoms with Gasteiger partial charge in [-0.05, 0) is 30.5 Å². The maximum absolute atomic E-state index is 12.4. The summed E-state index contributed by atoms with van der Waals surface area (Å²) in [6.07, 6.45) is 0. The van der Waals surface area contributed by atoms with E-state index in [4.69, 9.17) is 16.7 Å². The van der Waals surface area contributed by atoms with E-state index in [1.54, 1.807) is 19.1 Å². The van der Waals surface area contributed by atoms with E-state index in [-0.39, 0.29) is 28.9 Å². The van der Waals surface area contributed by atoms with Crippen LogP contribution in [0.3, 0.4) is 0 Å². The molecule has 1 fully saturated rings. The lowest BCUT2D eigenvalue weighted by molar-refractivity contribution is -0.144. The lowest BCUT2D eigenvalue weighted by Gasteiger charge is -2.40. The van der Waals surface area contributed by atoms with E-state index < -0.39 is 21.9 Å². The zero-order chi connectivity index (χ0) is 15.1. The van der Waals surface area contributed by atoms with Crippen LogP contribution in [0.4, 0.5) is 0 Å². The van der Waals surface area contributed by atoms with Gasteiger partial charge in [-0.25, -0.2) is 8.42 Å². The van der Waals surface area contributed by atoms with Gasteiger partial charge in [0.25, 0.3) is 0 Å². The molecule has 1 N–H and O–H groups in total. The zero-order valence-corrected chi connectivity index (χ0v) is 12.8. The lowest BCUT2D eigenvalue weighted by Crippen LogP contribution is -2.53. The van der Waals surface area contributed by atoms with Crippen molar-refractivity contribution in [1.82, 2.24) is 4.31 Å². The van der Waals surface area contributed by atoms with Crippen LogP contribution in [0, 0.1) is 18.8 Å². The second-order valence-corrected chi connectivity index (χ2v) is 7.46. The first-order valence-corrected chi connectivity index (χ1v) is 8.04. The van der Waals surface area contributed by atoms with Crippen LogP contribution in [0.2, 0.25) is 5.02 Å². The van der Waals surface area contributed by atoms with Crippen LogP contribution in [0.25, 0.3) is 0 Å². The summed E-state index contributed by atoms with van der Waals surface area (Å²) in [5.74, 6) is -1.60. The third kappa shape index (κ3) is 2.68. The van der Waals surface area contributed by atoms with Crippen molar-refractivity contribution >= 4 is 27.6 Å². The van der Waals surface area contributed by atoms with Gasteiger partial charge in [0.15, 0.2) is 0 Å². The predicted molar refractivity (Wildman–Crippen MR) is 75.2 cm³/mol. The highest BCUT2D eigenvalue weighted by atomic mass is 35.5. The van der Waals surface area contributed by atoms with Gasteiger partial charge in [-0.3, -0.25) is 4.79 Å². The summed E-state index contributed by atoms with van der Waals surface area (Å²) in [6, 6.07) is 4.78. The van der Waals surface area contributed by atoms with Crippen LogP contribution in [0.15, 0.2) is 23.1 Å². The molecule has 1 aliphatic rings. The van der Waals surface area contributed by atoms with Crippen LogP contribution in [0.1, 0.15) is 12.5 Å². The molecule has 7 heteroatoms. The minimum atomic E-state index is -3.63. The Balaban J connectivity index is 2.16. The van der Waals surface area contributed by atoms with Gasteiger partial charge in [-0.1, -0.05) is 24.6 Å². The summed E-state index contributed by atoms with van der Waals surface area (Å²) in [7, 11) is -3.63. The van der Waals surface area contributed by atoms with Crippen molar-refractivity contribution in [2.75, 3.05) is 13.1 Å². The molecule has 1 heterocycles. The number of nitrogens with zero attached hydrogens (tertiary/aromatic N) is 1. The molecule has 110 valence electrons. The van der Waals surface area contributed by atoms with Crippen molar-refractivity contribution in [2.24, 2.45) is 11.8 Å². The van der Waals surface area contributed by atoms with Crippen LogP contribution in [-0.2, 0) is 14.8 Å². The molecule has 1 aromatic rings. The van der Waals surface area contributed by atoms with Gasteiger partial charge >= 0.3 is 5.97 Å². The fraction of sp³-hybridized carbons (Fsp3) is 0.462. The molecule has 2 rings (SSSR count). The Labute approximate surface area is 123 Å². The minimum absolute atomic E-state index is 0.0752. The smallest absolute Gasteiger partial charge is 0.306 e. The van der Waals surface area contributed by atoms with Gasteiger partial charge in [-0.15, -0.1) is 0 Å². The van der Waals surface area contributed by atoms with Crippen molar-refractivity contribution in [3.63, 3.8) is 0 Å². The molecule has 5 nitrogen and oxygen atoms in total. The third-order valence-electron chi connectivity index (χ3n) is 3.68. The highest BCUT2D eigenvalue weighted by Crippen LogP contribution is 2.32. The number of hydrogen-bond acceptors (Lipinski definition) is 3. The maximum Gasteiger partial charge on any atom is 0.306 e. The molecular formula is C13H16ClNO4S. The molecule has 0 aromatic heterocycles. The summed E-state index contributed by atoms with van der Waals surface area (Å²) < 4.78 is 26.0. The van der Waals surface area contributed by atoms with Gasteiger partial charge in [0.1, 0.15) is 4.90 Å². The zero-order valence-electron chi connectivity index (χ0n) is 11.2. The molecule has 0 radical (unpaired) electrons. The van der Waals surface area contributed by atoms with Crippen LogP contribution in [-0.4, -0.2) is 36.9 Å². The van der Waals surface area contributed by atoms with E-state index in [0.29, 0.717) is 0 Å². The van der Waals surface area contributed by atoms with E-state index in [1.165, 1.54) is 10.4 Å². The van der Waals surface area contributed by atoms with Gasteiger partial charge in [0.05, 0.1) is 10.9 Å². The Morgan fingerprint density at radius 1 is 1.45 bits per heavy atom. The number of carboxylic acid groups (broad SMARTS) is 1. The van der Waals surface area contributed by atoms with E-state index in [2.05, 4.69) is 0 Å². The highest BCUT2D eigenvalue weighted by Gasteiger charge is 2.41. The second kappa shape index (κ2) is 5.35. The van der Waals surface area contributed by atoms with Gasteiger partial charge in [0, 0.05) is 13.1 Å². The van der Waals surface area contributed by atoms with Gasteiger partial charge < -0.3 is 5.11 Å². The molecule has 1 aromatic carbocycles. The lowest BCUT2D eigenvalue weighted by atomic mass is 9.89. The van der Waals surface area contributed by atoms with Crippen molar-refractivity contribution in [2.45, 2.75) is 18.7 Å². The number of hydrogen-bond donors (Lipinski definition) is 1. The number of carbonyl (C=O) groups is 1. The molecule has 20 heavy (non-hydrogen) atoms. The first-order chi connectivity index (χ1) is 9.23. The Bertz CT molecular complexity index is 638. The highest BCUT2D eigenvalue weighted by molar-refractivity contribution is 7.89. The summed E-state index contributed by atoms with van der Waals surface area (Å²) in [5.41, 5.74) is 0.884. The quantitative estimate of drug-likeness (QED) is 0.921. The normalized spacial score (nSPS) is 18.6. The number of rotatable bonds is 4. The monoisotopic (exact) mass is 317 g/mol. The topological polar surface area (TPSA) is 74.7 Å². The van der Waals surface area contributed by atoms with Crippen LogP contribution < -0.4 is 0 Å². The first-order valence-electron chi connectivity index (χ1n) is 6.22. The molecular weight excluding hydrogens is 302 g/mol. The standard InChI is InChI=1S/C13H16ClNO4S/c1-8-3-4-12(11(14)5-8)20(18,19)15-6-10(7-15)9(2)13(16)17/h3-5,9-10H,6-7H2,1-2H3,(H,16,17). The predicted octanol–water partition coefficient (Wildman–Crippen LogP) is 1.99. The number of halogens is 1. The average molecular weight is 318 g/mol. The molecule has 1 unspecified atom stereocenters. The molecule has 0 amide bonds. The summed E-state index contributed by atoms with van der Waals surface area (Å²) in [4.78, 5) is 10.9. The fourth-order valence-corrected chi connectivity index (χ4v) is 4.26. The van der Waals surface area contributed by atoms with Gasteiger partial charge in [-0.2, -0.15) is 4.31 Å². The number of sulfonamides is 1. The van der Waals surface area contributed by atoms with Crippen molar-refractivity contribution < 1.29 is 18.3 Å². The second-order valence-electron chi connectivity index (χ2n) is 5.14. The molecule has 0 spiro atoms. The van der Waals surface area contributed by atoms with E-state index in [0.717, 1.165) is 5.56 Å². The Morgan fingerprint density at radius 3 is 2.55 bits per heavy atom. The number of benzene rings is 1. The van der Waals surface area contributed by atoms with Gasteiger partial charge in [0.2, 0.25) is 10.0 Å².